The van der Waals surface area contributed by atoms with Crippen molar-refractivity contribution in [2.45, 2.75) is 10.6 Å². The molecule has 1 aromatic carbocycles. The van der Waals surface area contributed by atoms with Gasteiger partial charge in [-0.1, -0.05) is 23.2 Å². The molecule has 2 aromatic rings. The monoisotopic (exact) mass is 272 g/mol. The van der Waals surface area contributed by atoms with Crippen molar-refractivity contribution < 1.29 is 0 Å². The van der Waals surface area contributed by atoms with Gasteiger partial charge in [-0.2, -0.15) is 0 Å². The fourth-order valence-electron chi connectivity index (χ4n) is 1.29. The minimum Gasteiger partial charge on any atom is -0.337 e. The number of hydrogen-bond donors (Lipinski definition) is 0. The SMILES string of the molecule is Cn1cncc1CSc1cc(Cl)cc(Cl)c1. The highest BCUT2D eigenvalue weighted by atomic mass is 35.5. The van der Waals surface area contributed by atoms with Crippen molar-refractivity contribution in [1.82, 2.24) is 9.55 Å². The molecule has 0 bridgehead atoms. The topological polar surface area (TPSA) is 17.8 Å². The number of thioether (sulfide) groups is 1. The minimum absolute atomic E-state index is 0.667. The van der Waals surface area contributed by atoms with Gasteiger partial charge in [0.25, 0.3) is 0 Å². The summed E-state index contributed by atoms with van der Waals surface area (Å²) in [5.74, 6) is 0.854. The summed E-state index contributed by atoms with van der Waals surface area (Å²) in [4.78, 5) is 5.13. The van der Waals surface area contributed by atoms with Gasteiger partial charge in [-0.15, -0.1) is 11.8 Å². The van der Waals surface area contributed by atoms with Crippen LogP contribution in [0.1, 0.15) is 5.69 Å². The number of aromatic nitrogens is 2. The summed E-state index contributed by atoms with van der Waals surface area (Å²) in [6.45, 7) is 0. The molecule has 84 valence electrons. The fourth-order valence-corrected chi connectivity index (χ4v) is 2.96. The lowest BCUT2D eigenvalue weighted by Gasteiger charge is -2.03. The average Bonchev–Trinajstić information content (AvgIpc) is 2.59. The Kier molecular flexibility index (Phi) is 3.79. The van der Waals surface area contributed by atoms with Gasteiger partial charge in [-0.3, -0.25) is 0 Å². The van der Waals surface area contributed by atoms with Crippen LogP contribution in [0.25, 0.3) is 0 Å². The molecule has 0 saturated carbocycles. The molecule has 2 rings (SSSR count). The van der Waals surface area contributed by atoms with Crippen molar-refractivity contribution in [3.63, 3.8) is 0 Å². The molecule has 0 spiro atoms. The van der Waals surface area contributed by atoms with Crippen molar-refractivity contribution >= 4 is 35.0 Å². The summed E-state index contributed by atoms with van der Waals surface area (Å²) in [7, 11) is 1.98. The van der Waals surface area contributed by atoms with Crippen LogP contribution >= 0.6 is 35.0 Å². The Bertz CT molecular complexity index is 476. The third kappa shape index (κ3) is 2.94. The van der Waals surface area contributed by atoms with E-state index in [-0.39, 0.29) is 0 Å². The van der Waals surface area contributed by atoms with Crippen LogP contribution in [0.5, 0.6) is 0 Å². The average molecular weight is 273 g/mol. The van der Waals surface area contributed by atoms with E-state index in [0.29, 0.717) is 10.0 Å². The second-order valence-corrected chi connectivity index (χ2v) is 5.31. The minimum atomic E-state index is 0.667. The molecule has 0 aliphatic rings. The molecule has 2 nitrogen and oxygen atoms in total. The number of benzene rings is 1. The van der Waals surface area contributed by atoms with E-state index in [1.54, 1.807) is 24.2 Å². The summed E-state index contributed by atoms with van der Waals surface area (Å²) in [5, 5.41) is 1.33. The number of hydrogen-bond acceptors (Lipinski definition) is 2. The fraction of sp³-hybridized carbons (Fsp3) is 0.182. The van der Waals surface area contributed by atoms with Gasteiger partial charge in [0.15, 0.2) is 0 Å². The normalized spacial score (nSPS) is 10.7. The maximum absolute atomic E-state index is 5.93. The van der Waals surface area contributed by atoms with E-state index in [0.717, 1.165) is 10.6 Å². The van der Waals surface area contributed by atoms with Gasteiger partial charge in [-0.05, 0) is 18.2 Å². The molecular formula is C11H10Cl2N2S. The van der Waals surface area contributed by atoms with E-state index in [1.165, 1.54) is 5.69 Å². The van der Waals surface area contributed by atoms with E-state index in [9.17, 15) is 0 Å². The molecular weight excluding hydrogens is 263 g/mol. The maximum Gasteiger partial charge on any atom is 0.0945 e. The standard InChI is InChI=1S/C11H10Cl2N2S/c1-15-7-14-5-10(15)6-16-11-3-8(12)2-9(13)4-11/h2-5,7H,6H2,1H3. The molecule has 0 aliphatic heterocycles. The van der Waals surface area contributed by atoms with E-state index in [2.05, 4.69) is 4.98 Å². The van der Waals surface area contributed by atoms with E-state index < -0.39 is 0 Å². The van der Waals surface area contributed by atoms with Crippen molar-refractivity contribution in [2.24, 2.45) is 7.05 Å². The first kappa shape index (κ1) is 11.8. The lowest BCUT2D eigenvalue weighted by atomic mass is 10.4. The first-order valence-electron chi connectivity index (χ1n) is 4.69. The Morgan fingerprint density at radius 2 is 1.94 bits per heavy atom. The zero-order valence-corrected chi connectivity index (χ0v) is 11.0. The number of rotatable bonds is 3. The van der Waals surface area contributed by atoms with E-state index >= 15 is 0 Å². The van der Waals surface area contributed by atoms with Gasteiger partial charge >= 0.3 is 0 Å². The van der Waals surface area contributed by atoms with Crippen LogP contribution in [0.2, 0.25) is 10.0 Å². The second-order valence-electron chi connectivity index (χ2n) is 3.39. The Morgan fingerprint density at radius 1 is 1.25 bits per heavy atom. The predicted octanol–water partition coefficient (Wildman–Crippen LogP) is 4.02. The quantitative estimate of drug-likeness (QED) is 0.786. The summed E-state index contributed by atoms with van der Waals surface area (Å²) in [6.07, 6.45) is 3.65. The third-order valence-electron chi connectivity index (χ3n) is 2.14. The Balaban J connectivity index is 2.07. The zero-order valence-electron chi connectivity index (χ0n) is 8.65. The van der Waals surface area contributed by atoms with Crippen molar-refractivity contribution in [3.05, 3.63) is 46.5 Å². The number of imidazole rings is 1. The summed E-state index contributed by atoms with van der Waals surface area (Å²) >= 11 is 13.5. The Morgan fingerprint density at radius 3 is 2.50 bits per heavy atom. The molecule has 0 unspecified atom stereocenters. The number of halogens is 2. The van der Waals surface area contributed by atoms with Crippen molar-refractivity contribution in [2.75, 3.05) is 0 Å². The molecule has 1 heterocycles. The van der Waals surface area contributed by atoms with Crippen LogP contribution in [-0.4, -0.2) is 9.55 Å². The molecule has 1 aromatic heterocycles. The van der Waals surface area contributed by atoms with E-state index in [1.807, 2.05) is 29.9 Å². The Hall–Kier alpha value is -0.640. The van der Waals surface area contributed by atoms with Crippen LogP contribution in [0.4, 0.5) is 0 Å². The summed E-state index contributed by atoms with van der Waals surface area (Å²) in [6, 6.07) is 5.56. The summed E-state index contributed by atoms with van der Waals surface area (Å²) < 4.78 is 2.00. The van der Waals surface area contributed by atoms with Gasteiger partial charge in [0.1, 0.15) is 0 Å². The highest BCUT2D eigenvalue weighted by Gasteiger charge is 2.02. The smallest absolute Gasteiger partial charge is 0.0945 e. The summed E-state index contributed by atoms with van der Waals surface area (Å²) in [5.41, 5.74) is 1.17. The zero-order chi connectivity index (χ0) is 11.5. The van der Waals surface area contributed by atoms with Crippen LogP contribution < -0.4 is 0 Å². The van der Waals surface area contributed by atoms with Crippen LogP contribution in [-0.2, 0) is 12.8 Å². The first-order chi connectivity index (χ1) is 7.65. The van der Waals surface area contributed by atoms with Gasteiger partial charge in [0.05, 0.1) is 6.33 Å². The van der Waals surface area contributed by atoms with Gasteiger partial charge in [0.2, 0.25) is 0 Å². The van der Waals surface area contributed by atoms with Crippen LogP contribution in [0.3, 0.4) is 0 Å². The number of aryl methyl sites for hydroxylation is 1. The lowest BCUT2D eigenvalue weighted by molar-refractivity contribution is 0.867. The van der Waals surface area contributed by atoms with E-state index in [4.69, 9.17) is 23.2 Å². The third-order valence-corrected chi connectivity index (χ3v) is 3.58. The molecule has 16 heavy (non-hydrogen) atoms. The molecule has 0 fully saturated rings. The molecule has 0 amide bonds. The number of nitrogens with zero attached hydrogens (tertiary/aromatic N) is 2. The molecule has 5 heteroatoms. The maximum atomic E-state index is 5.93. The largest absolute Gasteiger partial charge is 0.337 e. The molecule has 0 atom stereocenters. The van der Waals surface area contributed by atoms with Gasteiger partial charge < -0.3 is 4.57 Å². The highest BCUT2D eigenvalue weighted by molar-refractivity contribution is 7.98. The van der Waals surface area contributed by atoms with Crippen molar-refractivity contribution in [3.8, 4) is 0 Å². The molecule has 0 N–H and O–H groups in total. The van der Waals surface area contributed by atoms with Crippen LogP contribution in [0, 0.1) is 0 Å². The highest BCUT2D eigenvalue weighted by Crippen LogP contribution is 2.28. The first-order valence-corrected chi connectivity index (χ1v) is 6.43. The lowest BCUT2D eigenvalue weighted by Crippen LogP contribution is -1.91. The molecule has 0 aliphatic carbocycles. The Labute approximate surface area is 109 Å². The molecule has 0 radical (unpaired) electrons. The molecule has 0 saturated heterocycles. The predicted molar refractivity (Wildman–Crippen MR) is 69.2 cm³/mol. The van der Waals surface area contributed by atoms with Gasteiger partial charge in [-0.25, -0.2) is 4.98 Å². The van der Waals surface area contributed by atoms with Crippen LogP contribution in [0.15, 0.2) is 35.6 Å². The van der Waals surface area contributed by atoms with Gasteiger partial charge in [0, 0.05) is 39.6 Å². The van der Waals surface area contributed by atoms with Crippen molar-refractivity contribution in [1.29, 1.82) is 0 Å². The second kappa shape index (κ2) is 5.13.